The molecule has 2 N–H and O–H groups in total. The molecule has 0 aliphatic rings. The SMILES string of the molecule is CCOC(=O)C(=O)N/N=C\c1c[nH]c2ccccc12. The van der Waals surface area contributed by atoms with E-state index in [0.717, 1.165) is 16.5 Å². The molecular formula is C13H13N3O3. The minimum absolute atomic E-state index is 0.151. The number of carbonyl (C=O) groups excluding carboxylic acids is 2. The Hall–Kier alpha value is -2.63. The highest BCUT2D eigenvalue weighted by Gasteiger charge is 2.12. The van der Waals surface area contributed by atoms with Crippen LogP contribution in [-0.4, -0.2) is 29.7 Å². The fourth-order valence-electron chi connectivity index (χ4n) is 1.60. The lowest BCUT2D eigenvalue weighted by atomic mass is 10.2. The number of hydrazone groups is 1. The van der Waals surface area contributed by atoms with E-state index in [1.807, 2.05) is 24.3 Å². The van der Waals surface area contributed by atoms with Gasteiger partial charge in [0.15, 0.2) is 0 Å². The smallest absolute Gasteiger partial charge is 0.398 e. The van der Waals surface area contributed by atoms with Crippen LogP contribution in [0.5, 0.6) is 0 Å². The fourth-order valence-corrected chi connectivity index (χ4v) is 1.60. The summed E-state index contributed by atoms with van der Waals surface area (Å²) in [6, 6.07) is 7.69. The Morgan fingerprint density at radius 3 is 3.00 bits per heavy atom. The molecule has 2 aromatic rings. The number of nitrogens with zero attached hydrogens (tertiary/aromatic N) is 1. The molecule has 1 heterocycles. The maximum Gasteiger partial charge on any atom is 0.398 e. The van der Waals surface area contributed by atoms with Gasteiger partial charge in [0, 0.05) is 22.7 Å². The maximum absolute atomic E-state index is 11.2. The van der Waals surface area contributed by atoms with Crippen molar-refractivity contribution in [3.05, 3.63) is 36.0 Å². The van der Waals surface area contributed by atoms with Crippen LogP contribution < -0.4 is 5.43 Å². The molecule has 0 fully saturated rings. The van der Waals surface area contributed by atoms with Crippen LogP contribution in [0.25, 0.3) is 10.9 Å². The molecule has 19 heavy (non-hydrogen) atoms. The van der Waals surface area contributed by atoms with Crippen LogP contribution in [0.2, 0.25) is 0 Å². The quantitative estimate of drug-likeness (QED) is 0.376. The number of amides is 1. The first-order chi connectivity index (χ1) is 9.22. The van der Waals surface area contributed by atoms with Crippen molar-refractivity contribution in [2.45, 2.75) is 6.92 Å². The Balaban J connectivity index is 2.03. The number of carbonyl (C=O) groups is 2. The molecular weight excluding hydrogens is 246 g/mol. The van der Waals surface area contributed by atoms with Gasteiger partial charge in [-0.3, -0.25) is 4.79 Å². The van der Waals surface area contributed by atoms with Gasteiger partial charge in [-0.2, -0.15) is 5.10 Å². The van der Waals surface area contributed by atoms with Crippen molar-refractivity contribution in [2.24, 2.45) is 5.10 Å². The number of benzene rings is 1. The fraction of sp³-hybridized carbons (Fsp3) is 0.154. The summed E-state index contributed by atoms with van der Waals surface area (Å²) in [5.41, 5.74) is 3.90. The molecule has 0 saturated carbocycles. The average molecular weight is 259 g/mol. The second kappa shape index (κ2) is 5.81. The molecule has 1 aromatic heterocycles. The van der Waals surface area contributed by atoms with Crippen molar-refractivity contribution in [1.82, 2.24) is 10.4 Å². The number of H-pyrrole nitrogens is 1. The second-order valence-corrected chi connectivity index (χ2v) is 3.71. The minimum Gasteiger partial charge on any atom is -0.459 e. The number of fused-ring (bicyclic) bond motifs is 1. The number of aromatic nitrogens is 1. The summed E-state index contributed by atoms with van der Waals surface area (Å²) in [5.74, 6) is -1.84. The van der Waals surface area contributed by atoms with E-state index in [2.05, 4.69) is 20.2 Å². The third-order valence-corrected chi connectivity index (χ3v) is 2.45. The molecule has 1 amide bonds. The van der Waals surface area contributed by atoms with Gasteiger partial charge in [0.2, 0.25) is 0 Å². The van der Waals surface area contributed by atoms with E-state index < -0.39 is 11.9 Å². The highest BCUT2D eigenvalue weighted by atomic mass is 16.5. The van der Waals surface area contributed by atoms with Crippen molar-refractivity contribution in [3.8, 4) is 0 Å². The largest absolute Gasteiger partial charge is 0.459 e. The number of para-hydroxylation sites is 1. The van der Waals surface area contributed by atoms with Gasteiger partial charge in [-0.25, -0.2) is 10.2 Å². The molecule has 6 heteroatoms. The first-order valence-electron chi connectivity index (χ1n) is 5.78. The maximum atomic E-state index is 11.2. The zero-order chi connectivity index (χ0) is 13.7. The Kier molecular flexibility index (Phi) is 3.92. The Labute approximate surface area is 109 Å². The number of esters is 1. The van der Waals surface area contributed by atoms with E-state index in [1.54, 1.807) is 13.1 Å². The number of aromatic amines is 1. The predicted molar refractivity (Wildman–Crippen MR) is 70.7 cm³/mol. The van der Waals surface area contributed by atoms with Crippen LogP contribution in [0.4, 0.5) is 0 Å². The average Bonchev–Trinajstić information content (AvgIpc) is 2.82. The summed E-state index contributed by atoms with van der Waals surface area (Å²) in [5, 5.41) is 4.70. The molecule has 6 nitrogen and oxygen atoms in total. The lowest BCUT2D eigenvalue weighted by Crippen LogP contribution is -2.28. The Morgan fingerprint density at radius 2 is 2.21 bits per heavy atom. The number of nitrogens with one attached hydrogen (secondary N) is 2. The molecule has 0 spiro atoms. The van der Waals surface area contributed by atoms with E-state index in [4.69, 9.17) is 0 Å². The van der Waals surface area contributed by atoms with E-state index in [9.17, 15) is 9.59 Å². The summed E-state index contributed by atoms with van der Waals surface area (Å²) < 4.78 is 4.53. The zero-order valence-corrected chi connectivity index (χ0v) is 10.3. The van der Waals surface area contributed by atoms with Gasteiger partial charge in [-0.1, -0.05) is 18.2 Å². The molecule has 0 saturated heterocycles. The lowest BCUT2D eigenvalue weighted by molar-refractivity contribution is -0.154. The van der Waals surface area contributed by atoms with E-state index in [0.29, 0.717) is 0 Å². The molecule has 2 rings (SSSR count). The molecule has 98 valence electrons. The Bertz CT molecular complexity index is 631. The molecule has 1 aromatic carbocycles. The normalized spacial score (nSPS) is 10.8. The van der Waals surface area contributed by atoms with Crippen LogP contribution in [0.3, 0.4) is 0 Å². The monoisotopic (exact) mass is 259 g/mol. The molecule has 0 aliphatic heterocycles. The lowest BCUT2D eigenvalue weighted by Gasteiger charge is -1.98. The number of hydrogen-bond acceptors (Lipinski definition) is 4. The van der Waals surface area contributed by atoms with Gasteiger partial charge in [-0.05, 0) is 13.0 Å². The first kappa shape index (κ1) is 12.8. The number of rotatable bonds is 3. The van der Waals surface area contributed by atoms with E-state index in [1.165, 1.54) is 6.21 Å². The molecule has 0 unspecified atom stereocenters. The predicted octanol–water partition coefficient (Wildman–Crippen LogP) is 1.18. The first-order valence-corrected chi connectivity index (χ1v) is 5.78. The van der Waals surface area contributed by atoms with Gasteiger partial charge in [0.05, 0.1) is 12.8 Å². The van der Waals surface area contributed by atoms with E-state index in [-0.39, 0.29) is 6.61 Å². The molecule has 0 atom stereocenters. The van der Waals surface area contributed by atoms with Crippen LogP contribution in [0.1, 0.15) is 12.5 Å². The van der Waals surface area contributed by atoms with Gasteiger partial charge in [0.25, 0.3) is 0 Å². The van der Waals surface area contributed by atoms with Crippen LogP contribution in [0, 0.1) is 0 Å². The van der Waals surface area contributed by atoms with Crippen LogP contribution >= 0.6 is 0 Å². The third kappa shape index (κ3) is 2.98. The van der Waals surface area contributed by atoms with Crippen molar-refractivity contribution in [1.29, 1.82) is 0 Å². The van der Waals surface area contributed by atoms with Crippen molar-refractivity contribution < 1.29 is 14.3 Å². The topological polar surface area (TPSA) is 83.6 Å². The summed E-state index contributed by atoms with van der Waals surface area (Å²) >= 11 is 0. The molecule has 0 radical (unpaired) electrons. The summed E-state index contributed by atoms with van der Waals surface area (Å²) in [4.78, 5) is 25.3. The highest BCUT2D eigenvalue weighted by Crippen LogP contribution is 2.15. The summed E-state index contributed by atoms with van der Waals surface area (Å²) in [6.07, 6.45) is 3.24. The molecule has 0 aliphatic carbocycles. The summed E-state index contributed by atoms with van der Waals surface area (Å²) in [6.45, 7) is 1.78. The van der Waals surface area contributed by atoms with Gasteiger partial charge >= 0.3 is 11.9 Å². The van der Waals surface area contributed by atoms with Crippen molar-refractivity contribution in [3.63, 3.8) is 0 Å². The Morgan fingerprint density at radius 1 is 1.42 bits per heavy atom. The standard InChI is InChI=1S/C13H13N3O3/c1-2-19-13(18)12(17)16-15-8-9-7-14-11-6-4-3-5-10(9)11/h3-8,14H,2H2,1H3,(H,16,17)/b15-8-. The van der Waals surface area contributed by atoms with Gasteiger partial charge in [0.1, 0.15) is 0 Å². The minimum atomic E-state index is -0.946. The highest BCUT2D eigenvalue weighted by molar-refractivity contribution is 6.32. The second-order valence-electron chi connectivity index (χ2n) is 3.71. The third-order valence-electron chi connectivity index (χ3n) is 2.45. The van der Waals surface area contributed by atoms with Crippen LogP contribution in [-0.2, 0) is 14.3 Å². The number of ether oxygens (including phenoxy) is 1. The van der Waals surface area contributed by atoms with Crippen molar-refractivity contribution >= 4 is 29.0 Å². The number of hydrogen-bond donors (Lipinski definition) is 2. The van der Waals surface area contributed by atoms with Crippen molar-refractivity contribution in [2.75, 3.05) is 6.61 Å². The molecule has 0 bridgehead atoms. The summed E-state index contributed by atoms with van der Waals surface area (Å²) in [7, 11) is 0. The van der Waals surface area contributed by atoms with Gasteiger partial charge in [-0.15, -0.1) is 0 Å². The zero-order valence-electron chi connectivity index (χ0n) is 10.3. The van der Waals surface area contributed by atoms with E-state index >= 15 is 0 Å². The van der Waals surface area contributed by atoms with Gasteiger partial charge < -0.3 is 9.72 Å². The van der Waals surface area contributed by atoms with Crippen LogP contribution in [0.15, 0.2) is 35.6 Å².